The molecule has 1 aromatic heterocycles. The Morgan fingerprint density at radius 3 is 2.90 bits per heavy atom. The molecule has 0 amide bonds. The van der Waals surface area contributed by atoms with Crippen molar-refractivity contribution in [2.75, 3.05) is 11.9 Å². The van der Waals surface area contributed by atoms with E-state index in [0.717, 1.165) is 6.42 Å². The highest BCUT2D eigenvalue weighted by molar-refractivity contribution is 9.10. The van der Waals surface area contributed by atoms with Crippen LogP contribution in [0.1, 0.15) is 27.2 Å². The first kappa shape index (κ1) is 16.5. The molecular formula is C14H23BrN4O2. The average molecular weight is 359 g/mol. The number of nitrogens with one attached hydrogen (secondary N) is 1. The fourth-order valence-corrected chi connectivity index (χ4v) is 2.87. The zero-order valence-electron chi connectivity index (χ0n) is 12.7. The quantitative estimate of drug-likeness (QED) is 0.806. The van der Waals surface area contributed by atoms with Crippen molar-refractivity contribution in [2.45, 2.75) is 51.9 Å². The van der Waals surface area contributed by atoms with Gasteiger partial charge in [0.05, 0.1) is 24.0 Å². The Morgan fingerprint density at radius 1 is 1.62 bits per heavy atom. The van der Waals surface area contributed by atoms with Gasteiger partial charge in [-0.2, -0.15) is 5.10 Å². The smallest absolute Gasteiger partial charge is 0.283 e. The molecule has 21 heavy (non-hydrogen) atoms. The lowest BCUT2D eigenvalue weighted by Gasteiger charge is -2.43. The Bertz CT molecular complexity index is 544. The van der Waals surface area contributed by atoms with Crippen LogP contribution >= 0.6 is 15.9 Å². The van der Waals surface area contributed by atoms with Gasteiger partial charge in [-0.1, -0.05) is 13.8 Å². The lowest BCUT2D eigenvalue weighted by atomic mass is 9.83. The third kappa shape index (κ3) is 3.64. The molecule has 7 heteroatoms. The summed E-state index contributed by atoms with van der Waals surface area (Å²) in [5.41, 5.74) is 6.55. The first-order valence-corrected chi connectivity index (χ1v) is 8.12. The number of hydrogen-bond acceptors (Lipinski definition) is 5. The molecule has 3 N–H and O–H groups in total. The van der Waals surface area contributed by atoms with Crippen LogP contribution in [-0.4, -0.2) is 34.6 Å². The van der Waals surface area contributed by atoms with Crippen LogP contribution in [-0.2, 0) is 11.3 Å². The van der Waals surface area contributed by atoms with E-state index in [1.54, 1.807) is 6.20 Å². The maximum atomic E-state index is 12.3. The van der Waals surface area contributed by atoms with Crippen LogP contribution < -0.4 is 16.6 Å². The molecule has 1 saturated carbocycles. The fourth-order valence-electron chi connectivity index (χ4n) is 2.45. The van der Waals surface area contributed by atoms with Crippen LogP contribution in [0, 0.1) is 5.92 Å². The number of ether oxygens (including phenoxy) is 1. The molecule has 2 rings (SSSR count). The third-order valence-corrected chi connectivity index (χ3v) is 4.36. The monoisotopic (exact) mass is 358 g/mol. The molecule has 0 bridgehead atoms. The number of hydrogen-bond donors (Lipinski definition) is 2. The van der Waals surface area contributed by atoms with Crippen LogP contribution in [0.25, 0.3) is 0 Å². The second kappa shape index (κ2) is 6.89. The van der Waals surface area contributed by atoms with Crippen LogP contribution in [0.2, 0.25) is 0 Å². The summed E-state index contributed by atoms with van der Waals surface area (Å²) >= 11 is 3.36. The zero-order chi connectivity index (χ0) is 15.6. The molecule has 0 spiro atoms. The summed E-state index contributed by atoms with van der Waals surface area (Å²) in [7, 11) is 0. The normalized spacial score (nSPS) is 25.0. The van der Waals surface area contributed by atoms with Gasteiger partial charge in [0, 0.05) is 19.2 Å². The van der Waals surface area contributed by atoms with E-state index < -0.39 is 0 Å². The number of rotatable bonds is 6. The Hall–Kier alpha value is -0.920. The van der Waals surface area contributed by atoms with Crippen molar-refractivity contribution in [1.82, 2.24) is 9.78 Å². The number of aromatic nitrogens is 2. The van der Waals surface area contributed by atoms with E-state index in [9.17, 15) is 4.79 Å². The van der Waals surface area contributed by atoms with E-state index in [0.29, 0.717) is 29.2 Å². The lowest BCUT2D eigenvalue weighted by molar-refractivity contribution is -0.0126. The van der Waals surface area contributed by atoms with Crippen molar-refractivity contribution >= 4 is 21.6 Å². The van der Waals surface area contributed by atoms with Gasteiger partial charge in [0.25, 0.3) is 5.56 Å². The summed E-state index contributed by atoms with van der Waals surface area (Å²) in [6.07, 6.45) is 2.60. The van der Waals surface area contributed by atoms with Crippen LogP contribution in [0.15, 0.2) is 15.5 Å². The van der Waals surface area contributed by atoms with E-state index >= 15 is 0 Å². The van der Waals surface area contributed by atoms with Gasteiger partial charge in [-0.25, -0.2) is 4.68 Å². The molecule has 1 aliphatic rings. The minimum atomic E-state index is -0.130. The SMILES string of the molecule is CCOC1CC(N)C1Nc1cnn(CC(C)C)c(=O)c1Br. The molecule has 1 fully saturated rings. The number of anilines is 1. The standard InChI is InChI=1S/C14H23BrN4O2/c1-4-21-11-5-9(16)13(11)18-10-6-17-19(7-8(2)3)14(20)12(10)15/h6,8-9,11,13,18H,4-5,7,16H2,1-3H3. The van der Waals surface area contributed by atoms with Gasteiger partial charge in [-0.3, -0.25) is 4.79 Å². The molecular weight excluding hydrogens is 336 g/mol. The van der Waals surface area contributed by atoms with E-state index in [1.807, 2.05) is 20.8 Å². The highest BCUT2D eigenvalue weighted by Gasteiger charge is 2.39. The number of nitrogens with zero attached hydrogens (tertiary/aromatic N) is 2. The molecule has 1 heterocycles. The average Bonchev–Trinajstić information content (AvgIpc) is 2.42. The van der Waals surface area contributed by atoms with Crippen molar-refractivity contribution in [3.8, 4) is 0 Å². The fraction of sp³-hybridized carbons (Fsp3) is 0.714. The van der Waals surface area contributed by atoms with Gasteiger partial charge >= 0.3 is 0 Å². The van der Waals surface area contributed by atoms with Crippen molar-refractivity contribution in [3.63, 3.8) is 0 Å². The molecule has 1 aliphatic carbocycles. The van der Waals surface area contributed by atoms with E-state index in [-0.39, 0.29) is 23.7 Å². The largest absolute Gasteiger partial charge is 0.376 e. The summed E-state index contributed by atoms with van der Waals surface area (Å²) in [6.45, 7) is 7.32. The topological polar surface area (TPSA) is 82.2 Å². The zero-order valence-corrected chi connectivity index (χ0v) is 14.3. The van der Waals surface area contributed by atoms with Crippen molar-refractivity contribution < 1.29 is 4.74 Å². The van der Waals surface area contributed by atoms with Crippen LogP contribution in [0.4, 0.5) is 5.69 Å². The van der Waals surface area contributed by atoms with E-state index in [4.69, 9.17) is 10.5 Å². The van der Waals surface area contributed by atoms with Gasteiger partial charge in [0.15, 0.2) is 0 Å². The summed E-state index contributed by atoms with van der Waals surface area (Å²) in [5, 5.41) is 7.50. The minimum Gasteiger partial charge on any atom is -0.376 e. The highest BCUT2D eigenvalue weighted by Crippen LogP contribution is 2.28. The highest BCUT2D eigenvalue weighted by atomic mass is 79.9. The van der Waals surface area contributed by atoms with Crippen LogP contribution in [0.5, 0.6) is 0 Å². The third-order valence-electron chi connectivity index (χ3n) is 3.59. The molecule has 3 atom stereocenters. The summed E-state index contributed by atoms with van der Waals surface area (Å²) in [6, 6.07) is 0.0509. The summed E-state index contributed by atoms with van der Waals surface area (Å²) in [4.78, 5) is 12.3. The van der Waals surface area contributed by atoms with E-state index in [1.165, 1.54) is 4.68 Å². The predicted molar refractivity (Wildman–Crippen MR) is 86.5 cm³/mol. The minimum absolute atomic E-state index is 0.0170. The Kier molecular flexibility index (Phi) is 5.40. The summed E-state index contributed by atoms with van der Waals surface area (Å²) < 4.78 is 7.58. The molecule has 0 radical (unpaired) electrons. The van der Waals surface area contributed by atoms with Crippen molar-refractivity contribution in [3.05, 3.63) is 21.0 Å². The van der Waals surface area contributed by atoms with Crippen molar-refractivity contribution in [2.24, 2.45) is 11.7 Å². The van der Waals surface area contributed by atoms with Gasteiger partial charge in [-0.05, 0) is 35.2 Å². The lowest BCUT2D eigenvalue weighted by Crippen LogP contribution is -2.60. The molecule has 3 unspecified atom stereocenters. The van der Waals surface area contributed by atoms with Crippen LogP contribution in [0.3, 0.4) is 0 Å². The van der Waals surface area contributed by atoms with Gasteiger partial charge < -0.3 is 15.8 Å². The molecule has 0 saturated heterocycles. The number of halogens is 1. The first-order chi connectivity index (χ1) is 9.93. The number of nitrogens with two attached hydrogens (primary N) is 1. The van der Waals surface area contributed by atoms with Gasteiger partial charge in [-0.15, -0.1) is 0 Å². The van der Waals surface area contributed by atoms with Gasteiger partial charge in [0.2, 0.25) is 0 Å². The molecule has 1 aromatic rings. The Labute approximate surface area is 133 Å². The summed E-state index contributed by atoms with van der Waals surface area (Å²) in [5.74, 6) is 0.364. The van der Waals surface area contributed by atoms with E-state index in [2.05, 4.69) is 26.3 Å². The van der Waals surface area contributed by atoms with Crippen molar-refractivity contribution in [1.29, 1.82) is 0 Å². The van der Waals surface area contributed by atoms with Gasteiger partial charge in [0.1, 0.15) is 4.47 Å². The second-order valence-corrected chi connectivity index (χ2v) is 6.61. The first-order valence-electron chi connectivity index (χ1n) is 7.33. The Morgan fingerprint density at radius 2 is 2.33 bits per heavy atom. The maximum absolute atomic E-state index is 12.3. The molecule has 0 aliphatic heterocycles. The predicted octanol–water partition coefficient (Wildman–Crippen LogP) is 1.58. The molecule has 0 aromatic carbocycles. The maximum Gasteiger partial charge on any atom is 0.283 e. The molecule has 6 nitrogen and oxygen atoms in total. The Balaban J connectivity index is 2.14. The molecule has 118 valence electrons. The second-order valence-electron chi connectivity index (χ2n) is 5.82.